The molecule has 190 valence electrons. The zero-order chi connectivity index (χ0) is 23.7. The molecule has 5 heteroatoms. The molecular weight excluding hydrogens is 416 g/mol. The van der Waals surface area contributed by atoms with Gasteiger partial charge in [-0.3, -0.25) is 4.79 Å². The minimum atomic E-state index is -0.115. The van der Waals surface area contributed by atoms with Gasteiger partial charge in [-0.1, -0.05) is 102 Å². The Morgan fingerprint density at radius 2 is 1.09 bits per heavy atom. The van der Waals surface area contributed by atoms with Crippen LogP contribution >= 0.6 is 0 Å². The molecule has 0 radical (unpaired) electrons. The Labute approximate surface area is 202 Å². The molecule has 0 aliphatic heterocycles. The molecule has 0 amide bonds. The third-order valence-corrected chi connectivity index (χ3v) is 5.59. The summed E-state index contributed by atoms with van der Waals surface area (Å²) in [5, 5.41) is 0. The van der Waals surface area contributed by atoms with Gasteiger partial charge in [-0.05, 0) is 18.6 Å². The van der Waals surface area contributed by atoms with Crippen LogP contribution in [0.2, 0.25) is 0 Å². The topological polar surface area (TPSA) is 54.0 Å². The number of rotatable bonds is 24. The highest BCUT2D eigenvalue weighted by molar-refractivity contribution is 5.69. The Kier molecular flexibility index (Phi) is 21.0. The van der Waals surface area contributed by atoms with E-state index in [2.05, 4.69) is 6.92 Å². The van der Waals surface area contributed by atoms with Gasteiger partial charge in [-0.25, -0.2) is 0 Å². The van der Waals surface area contributed by atoms with E-state index >= 15 is 0 Å². The molecule has 0 fully saturated rings. The highest BCUT2D eigenvalue weighted by atomic mass is 16.6. The fourth-order valence-electron chi connectivity index (χ4n) is 3.63. The molecule has 0 aliphatic rings. The lowest BCUT2D eigenvalue weighted by Gasteiger charge is -2.08. The van der Waals surface area contributed by atoms with Gasteiger partial charge in [0, 0.05) is 6.42 Å². The van der Waals surface area contributed by atoms with Crippen LogP contribution in [0.15, 0.2) is 30.3 Å². The van der Waals surface area contributed by atoms with Crippen molar-refractivity contribution in [1.82, 2.24) is 0 Å². The summed E-state index contributed by atoms with van der Waals surface area (Å²) in [5.41, 5.74) is 0. The number of benzene rings is 1. The number of hydrogen-bond donors (Lipinski definition) is 0. The Morgan fingerprint density at radius 3 is 1.67 bits per heavy atom. The van der Waals surface area contributed by atoms with E-state index in [1.807, 2.05) is 30.3 Å². The van der Waals surface area contributed by atoms with Crippen LogP contribution in [0.5, 0.6) is 5.75 Å². The van der Waals surface area contributed by atoms with Crippen LogP contribution in [0.3, 0.4) is 0 Å². The van der Waals surface area contributed by atoms with Gasteiger partial charge in [-0.15, -0.1) is 0 Å². The standard InChI is InChI=1S/C28H48O5/c1-2-3-4-5-6-7-8-9-10-11-12-13-17-20-28(29)33-26-24-31-22-21-30-23-25-32-27-18-15-14-16-19-27/h14-16,18-19H,2-13,17,20-26H2,1H3. The number of ether oxygens (including phenoxy) is 4. The summed E-state index contributed by atoms with van der Waals surface area (Å²) in [6.07, 6.45) is 17.5. The van der Waals surface area contributed by atoms with Gasteiger partial charge >= 0.3 is 5.97 Å². The first-order chi connectivity index (χ1) is 16.3. The molecule has 0 heterocycles. The summed E-state index contributed by atoms with van der Waals surface area (Å²) < 4.78 is 21.6. The van der Waals surface area contributed by atoms with Gasteiger partial charge in [0.25, 0.3) is 0 Å². The smallest absolute Gasteiger partial charge is 0.305 e. The quantitative estimate of drug-likeness (QED) is 0.120. The van der Waals surface area contributed by atoms with Crippen molar-refractivity contribution >= 4 is 5.97 Å². The average molecular weight is 465 g/mol. The number of esters is 1. The fraction of sp³-hybridized carbons (Fsp3) is 0.750. The van der Waals surface area contributed by atoms with Crippen molar-refractivity contribution in [2.75, 3.05) is 39.6 Å². The van der Waals surface area contributed by atoms with Crippen molar-refractivity contribution in [3.05, 3.63) is 30.3 Å². The van der Waals surface area contributed by atoms with Gasteiger partial charge in [0.15, 0.2) is 0 Å². The van der Waals surface area contributed by atoms with Gasteiger partial charge in [0.2, 0.25) is 0 Å². The molecule has 1 aromatic carbocycles. The third kappa shape index (κ3) is 20.7. The molecule has 0 saturated heterocycles. The van der Waals surface area contributed by atoms with Crippen LogP contribution in [-0.2, 0) is 19.0 Å². The van der Waals surface area contributed by atoms with Crippen molar-refractivity contribution in [2.45, 2.75) is 96.8 Å². The van der Waals surface area contributed by atoms with Crippen LogP contribution in [-0.4, -0.2) is 45.6 Å². The summed E-state index contributed by atoms with van der Waals surface area (Å²) in [4.78, 5) is 11.8. The maximum atomic E-state index is 11.8. The van der Waals surface area contributed by atoms with Crippen molar-refractivity contribution in [1.29, 1.82) is 0 Å². The molecular formula is C28H48O5. The average Bonchev–Trinajstić information content (AvgIpc) is 2.84. The summed E-state index contributed by atoms with van der Waals surface area (Å²) in [5.74, 6) is 0.731. The summed E-state index contributed by atoms with van der Waals surface area (Å²) in [6, 6.07) is 9.68. The normalized spacial score (nSPS) is 10.9. The van der Waals surface area contributed by atoms with Gasteiger partial charge in [0.1, 0.15) is 19.0 Å². The van der Waals surface area contributed by atoms with Gasteiger partial charge in [0.05, 0.1) is 26.4 Å². The number of hydrogen-bond acceptors (Lipinski definition) is 5. The molecule has 1 aromatic rings. The van der Waals surface area contributed by atoms with Crippen molar-refractivity contribution in [3.63, 3.8) is 0 Å². The molecule has 5 nitrogen and oxygen atoms in total. The molecule has 0 N–H and O–H groups in total. The molecule has 33 heavy (non-hydrogen) atoms. The number of carbonyl (C=O) groups excluding carboxylic acids is 1. The zero-order valence-corrected chi connectivity index (χ0v) is 21.1. The van der Waals surface area contributed by atoms with Crippen LogP contribution in [0, 0.1) is 0 Å². The van der Waals surface area contributed by atoms with E-state index in [-0.39, 0.29) is 5.97 Å². The highest BCUT2D eigenvalue weighted by Crippen LogP contribution is 2.13. The van der Waals surface area contributed by atoms with Crippen LogP contribution in [0.4, 0.5) is 0 Å². The maximum Gasteiger partial charge on any atom is 0.305 e. The van der Waals surface area contributed by atoms with Crippen molar-refractivity contribution in [3.8, 4) is 5.75 Å². The largest absolute Gasteiger partial charge is 0.491 e. The van der Waals surface area contributed by atoms with Gasteiger partial charge in [-0.2, -0.15) is 0 Å². The van der Waals surface area contributed by atoms with Gasteiger partial charge < -0.3 is 18.9 Å². The molecule has 0 aromatic heterocycles. The summed E-state index contributed by atoms with van der Waals surface area (Å²) in [6.45, 7) is 5.02. The molecule has 1 rings (SSSR count). The van der Waals surface area contributed by atoms with E-state index in [1.165, 1.54) is 70.6 Å². The van der Waals surface area contributed by atoms with E-state index in [0.717, 1.165) is 18.6 Å². The van der Waals surface area contributed by atoms with E-state index in [9.17, 15) is 4.79 Å². The van der Waals surface area contributed by atoms with E-state index in [0.29, 0.717) is 46.1 Å². The second-order valence-corrected chi connectivity index (χ2v) is 8.60. The zero-order valence-electron chi connectivity index (χ0n) is 21.1. The Morgan fingerprint density at radius 1 is 0.606 bits per heavy atom. The lowest BCUT2D eigenvalue weighted by molar-refractivity contribution is -0.145. The lowest BCUT2D eigenvalue weighted by Crippen LogP contribution is -2.14. The number of carbonyl (C=O) groups is 1. The summed E-state index contributed by atoms with van der Waals surface area (Å²) >= 11 is 0. The molecule has 0 bridgehead atoms. The lowest BCUT2D eigenvalue weighted by atomic mass is 10.0. The molecule has 0 aliphatic carbocycles. The van der Waals surface area contributed by atoms with Crippen LogP contribution < -0.4 is 4.74 Å². The third-order valence-electron chi connectivity index (χ3n) is 5.59. The fourth-order valence-corrected chi connectivity index (χ4v) is 3.63. The van der Waals surface area contributed by atoms with Crippen LogP contribution in [0.1, 0.15) is 96.8 Å². The SMILES string of the molecule is CCCCCCCCCCCCCCCC(=O)OCCOCCOCCOc1ccccc1. The van der Waals surface area contributed by atoms with E-state index in [1.54, 1.807) is 0 Å². The monoisotopic (exact) mass is 464 g/mol. The number of unbranched alkanes of at least 4 members (excludes halogenated alkanes) is 12. The molecule has 0 saturated carbocycles. The highest BCUT2D eigenvalue weighted by Gasteiger charge is 2.02. The minimum Gasteiger partial charge on any atom is -0.491 e. The Bertz CT molecular complexity index is 534. The molecule has 0 unspecified atom stereocenters. The molecule has 0 atom stereocenters. The Hall–Kier alpha value is -1.59. The first kappa shape index (κ1) is 29.4. The number of para-hydroxylation sites is 1. The summed E-state index contributed by atoms with van der Waals surface area (Å²) in [7, 11) is 0. The van der Waals surface area contributed by atoms with Crippen molar-refractivity contribution in [2.24, 2.45) is 0 Å². The minimum absolute atomic E-state index is 0.115. The van der Waals surface area contributed by atoms with Crippen molar-refractivity contribution < 1.29 is 23.7 Å². The predicted octanol–water partition coefficient (Wildman–Crippen LogP) is 7.12. The van der Waals surface area contributed by atoms with E-state index in [4.69, 9.17) is 18.9 Å². The Balaban J connectivity index is 1.72. The second kappa shape index (κ2) is 23.6. The first-order valence-electron chi connectivity index (χ1n) is 13.3. The first-order valence-corrected chi connectivity index (χ1v) is 13.3. The molecule has 0 spiro atoms. The predicted molar refractivity (Wildman–Crippen MR) is 135 cm³/mol. The maximum absolute atomic E-state index is 11.8. The second-order valence-electron chi connectivity index (χ2n) is 8.60. The van der Waals surface area contributed by atoms with Crippen LogP contribution in [0.25, 0.3) is 0 Å². The van der Waals surface area contributed by atoms with E-state index < -0.39 is 0 Å².